The second-order valence-corrected chi connectivity index (χ2v) is 7.36. The van der Waals surface area contributed by atoms with E-state index in [4.69, 9.17) is 4.74 Å². The summed E-state index contributed by atoms with van der Waals surface area (Å²) < 4.78 is 8.17. The largest absolute Gasteiger partial charge is 0.457 e. The molecule has 0 aliphatic rings. The number of hydrogen-bond donors (Lipinski definition) is 0. The molecule has 0 atom stereocenters. The Balaban J connectivity index is 1.62. The predicted octanol–water partition coefficient (Wildman–Crippen LogP) is 5.60. The SMILES string of the molecule is Cn1ccnc1-c1cccc(Oc2cccc(C(C)(C)c3ccccn3)c2)c1. The summed E-state index contributed by atoms with van der Waals surface area (Å²) in [5, 5.41) is 0. The molecule has 4 aromatic rings. The number of imidazole rings is 1. The Morgan fingerprint density at radius 2 is 1.61 bits per heavy atom. The number of ether oxygens (including phenoxy) is 1. The lowest BCUT2D eigenvalue weighted by atomic mass is 9.81. The van der Waals surface area contributed by atoms with Gasteiger partial charge < -0.3 is 9.30 Å². The molecule has 2 heterocycles. The van der Waals surface area contributed by atoms with Crippen molar-refractivity contribution in [2.75, 3.05) is 0 Å². The van der Waals surface area contributed by atoms with Crippen LogP contribution in [0.5, 0.6) is 11.5 Å². The van der Waals surface area contributed by atoms with Crippen LogP contribution in [0.15, 0.2) is 85.3 Å². The molecule has 0 saturated carbocycles. The van der Waals surface area contributed by atoms with Crippen molar-refractivity contribution < 1.29 is 4.74 Å². The van der Waals surface area contributed by atoms with Gasteiger partial charge in [0.25, 0.3) is 0 Å². The van der Waals surface area contributed by atoms with Gasteiger partial charge in [0.15, 0.2) is 0 Å². The van der Waals surface area contributed by atoms with Crippen molar-refractivity contribution in [3.05, 3.63) is 96.6 Å². The van der Waals surface area contributed by atoms with Gasteiger partial charge in [0.1, 0.15) is 17.3 Å². The zero-order valence-electron chi connectivity index (χ0n) is 16.3. The Morgan fingerprint density at radius 3 is 2.32 bits per heavy atom. The molecule has 140 valence electrons. The number of aryl methyl sites for hydroxylation is 1. The smallest absolute Gasteiger partial charge is 0.139 e. The summed E-state index contributed by atoms with van der Waals surface area (Å²) in [5.74, 6) is 2.50. The fourth-order valence-electron chi connectivity index (χ4n) is 3.31. The molecular formula is C24H23N3O. The minimum atomic E-state index is -0.213. The Labute approximate surface area is 165 Å². The molecule has 28 heavy (non-hydrogen) atoms. The molecule has 0 radical (unpaired) electrons. The van der Waals surface area contributed by atoms with Gasteiger partial charge in [0.2, 0.25) is 0 Å². The summed E-state index contributed by atoms with van der Waals surface area (Å²) in [6, 6.07) is 22.2. The molecule has 4 nitrogen and oxygen atoms in total. The maximum Gasteiger partial charge on any atom is 0.139 e. The fourth-order valence-corrected chi connectivity index (χ4v) is 3.31. The molecule has 0 saturated heterocycles. The van der Waals surface area contributed by atoms with Crippen molar-refractivity contribution >= 4 is 0 Å². The van der Waals surface area contributed by atoms with Crippen molar-refractivity contribution in [1.82, 2.24) is 14.5 Å². The third-order valence-electron chi connectivity index (χ3n) is 5.01. The van der Waals surface area contributed by atoms with E-state index in [0.29, 0.717) is 0 Å². The van der Waals surface area contributed by atoms with Crippen LogP contribution in [-0.2, 0) is 12.5 Å². The quantitative estimate of drug-likeness (QED) is 0.460. The summed E-state index contributed by atoms with van der Waals surface area (Å²) in [6.07, 6.45) is 5.57. The second-order valence-electron chi connectivity index (χ2n) is 7.36. The average molecular weight is 369 g/mol. The summed E-state index contributed by atoms with van der Waals surface area (Å²) in [4.78, 5) is 8.95. The van der Waals surface area contributed by atoms with Crippen LogP contribution in [0.3, 0.4) is 0 Å². The molecule has 2 aromatic heterocycles. The monoisotopic (exact) mass is 369 g/mol. The van der Waals surface area contributed by atoms with Gasteiger partial charge in [-0.2, -0.15) is 0 Å². The molecule has 0 spiro atoms. The third kappa shape index (κ3) is 3.54. The van der Waals surface area contributed by atoms with Crippen LogP contribution in [0.2, 0.25) is 0 Å². The number of benzene rings is 2. The van der Waals surface area contributed by atoms with Gasteiger partial charge in [-0.25, -0.2) is 4.98 Å². The average Bonchev–Trinajstić information content (AvgIpc) is 3.15. The Bertz CT molecular complexity index is 1080. The first kappa shape index (κ1) is 18.0. The molecule has 0 aliphatic heterocycles. The molecule has 0 aliphatic carbocycles. The highest BCUT2D eigenvalue weighted by molar-refractivity contribution is 5.58. The van der Waals surface area contributed by atoms with Gasteiger partial charge in [0, 0.05) is 36.6 Å². The minimum absolute atomic E-state index is 0.213. The van der Waals surface area contributed by atoms with E-state index in [1.54, 1.807) is 6.20 Å². The van der Waals surface area contributed by atoms with Crippen LogP contribution in [0, 0.1) is 0 Å². The summed E-state index contributed by atoms with van der Waals surface area (Å²) in [6.45, 7) is 4.35. The summed E-state index contributed by atoms with van der Waals surface area (Å²) in [7, 11) is 1.99. The van der Waals surface area contributed by atoms with Crippen molar-refractivity contribution in [3.8, 4) is 22.9 Å². The zero-order valence-corrected chi connectivity index (χ0v) is 16.3. The number of hydrogen-bond acceptors (Lipinski definition) is 3. The highest BCUT2D eigenvalue weighted by Crippen LogP contribution is 2.33. The van der Waals surface area contributed by atoms with Gasteiger partial charge in [-0.05, 0) is 42.0 Å². The van der Waals surface area contributed by atoms with Crippen molar-refractivity contribution in [1.29, 1.82) is 0 Å². The van der Waals surface area contributed by atoms with Crippen LogP contribution in [-0.4, -0.2) is 14.5 Å². The zero-order chi connectivity index (χ0) is 19.6. The molecule has 4 rings (SSSR count). The van der Waals surface area contributed by atoms with E-state index >= 15 is 0 Å². The lowest BCUT2D eigenvalue weighted by molar-refractivity contribution is 0.479. The van der Waals surface area contributed by atoms with E-state index < -0.39 is 0 Å². The fraction of sp³-hybridized carbons (Fsp3) is 0.167. The lowest BCUT2D eigenvalue weighted by Crippen LogP contribution is -2.20. The summed E-state index contributed by atoms with van der Waals surface area (Å²) in [5.41, 5.74) is 3.00. The molecule has 0 fully saturated rings. The topological polar surface area (TPSA) is 39.9 Å². The number of pyridine rings is 1. The minimum Gasteiger partial charge on any atom is -0.457 e. The van der Waals surface area contributed by atoms with Crippen molar-refractivity contribution in [3.63, 3.8) is 0 Å². The van der Waals surface area contributed by atoms with E-state index in [9.17, 15) is 0 Å². The van der Waals surface area contributed by atoms with Gasteiger partial charge in [0.05, 0.1) is 5.69 Å². The van der Waals surface area contributed by atoms with Gasteiger partial charge in [-0.15, -0.1) is 0 Å². The number of rotatable bonds is 5. The van der Waals surface area contributed by atoms with Crippen molar-refractivity contribution in [2.24, 2.45) is 7.05 Å². The third-order valence-corrected chi connectivity index (χ3v) is 5.01. The van der Waals surface area contributed by atoms with Gasteiger partial charge >= 0.3 is 0 Å². The Hall–Kier alpha value is -3.40. The number of nitrogens with zero attached hydrogens (tertiary/aromatic N) is 3. The molecule has 4 heteroatoms. The highest BCUT2D eigenvalue weighted by Gasteiger charge is 2.24. The molecule has 0 bridgehead atoms. The Morgan fingerprint density at radius 1 is 0.821 bits per heavy atom. The van der Waals surface area contributed by atoms with Crippen LogP contribution >= 0.6 is 0 Å². The van der Waals surface area contributed by atoms with E-state index in [0.717, 1.165) is 34.1 Å². The highest BCUT2D eigenvalue weighted by atomic mass is 16.5. The van der Waals surface area contributed by atoms with Gasteiger partial charge in [-0.1, -0.05) is 44.2 Å². The van der Waals surface area contributed by atoms with Crippen LogP contribution in [0.1, 0.15) is 25.1 Å². The first-order valence-electron chi connectivity index (χ1n) is 9.32. The molecule has 0 amide bonds. The van der Waals surface area contributed by atoms with Crippen molar-refractivity contribution in [2.45, 2.75) is 19.3 Å². The Kier molecular flexibility index (Phi) is 4.70. The normalized spacial score (nSPS) is 11.4. The van der Waals surface area contributed by atoms with E-state index in [-0.39, 0.29) is 5.41 Å². The number of aromatic nitrogens is 3. The van der Waals surface area contributed by atoms with Crippen LogP contribution in [0.4, 0.5) is 0 Å². The first-order chi connectivity index (χ1) is 13.5. The van der Waals surface area contributed by atoms with Crippen LogP contribution in [0.25, 0.3) is 11.4 Å². The van der Waals surface area contributed by atoms with E-state index in [1.807, 2.05) is 72.5 Å². The maximum atomic E-state index is 6.17. The van der Waals surface area contributed by atoms with Gasteiger partial charge in [-0.3, -0.25) is 4.98 Å². The van der Waals surface area contributed by atoms with Crippen LogP contribution < -0.4 is 4.74 Å². The standard InChI is InChI=1S/C24H23N3O/c1-24(2,22-12-4-5-13-25-22)19-9-7-11-21(17-19)28-20-10-6-8-18(16-20)23-26-14-15-27(23)3/h4-17H,1-3H3. The molecule has 0 unspecified atom stereocenters. The lowest BCUT2D eigenvalue weighted by Gasteiger charge is -2.25. The first-order valence-corrected chi connectivity index (χ1v) is 9.32. The molecular weight excluding hydrogens is 346 g/mol. The summed E-state index contributed by atoms with van der Waals surface area (Å²) >= 11 is 0. The molecule has 0 N–H and O–H groups in total. The molecule has 2 aromatic carbocycles. The maximum absolute atomic E-state index is 6.17. The van der Waals surface area contributed by atoms with E-state index in [1.165, 1.54) is 0 Å². The predicted molar refractivity (Wildman–Crippen MR) is 112 cm³/mol. The van der Waals surface area contributed by atoms with E-state index in [2.05, 4.69) is 42.0 Å². The second kappa shape index (κ2) is 7.31.